The van der Waals surface area contributed by atoms with Gasteiger partial charge in [0.1, 0.15) is 17.5 Å². The van der Waals surface area contributed by atoms with Gasteiger partial charge in [-0.1, -0.05) is 36.9 Å². The maximum Gasteiger partial charge on any atom is 0.256 e. The van der Waals surface area contributed by atoms with Gasteiger partial charge in [-0.25, -0.2) is 22.0 Å². The predicted octanol–water partition coefficient (Wildman–Crippen LogP) is 6.09. The Hall–Kier alpha value is -2.89. The van der Waals surface area contributed by atoms with E-state index in [0.717, 1.165) is 23.1 Å². The van der Waals surface area contributed by atoms with E-state index in [2.05, 4.69) is 6.58 Å². The second-order valence-electron chi connectivity index (χ2n) is 6.17. The summed E-state index contributed by atoms with van der Waals surface area (Å²) in [5, 5.41) is 0. The van der Waals surface area contributed by atoms with Gasteiger partial charge < -0.3 is 4.90 Å². The zero-order chi connectivity index (χ0) is 19.7. The van der Waals surface area contributed by atoms with Gasteiger partial charge in [-0.05, 0) is 36.3 Å². The molecule has 1 nitrogen and oxygen atoms in total. The van der Waals surface area contributed by atoms with E-state index < -0.39 is 36.0 Å². The monoisotopic (exact) mass is 377 g/mol. The van der Waals surface area contributed by atoms with E-state index in [1.807, 2.05) is 0 Å². The third-order valence-electron chi connectivity index (χ3n) is 4.23. The quantitative estimate of drug-likeness (QED) is 0.583. The van der Waals surface area contributed by atoms with Gasteiger partial charge in [0.15, 0.2) is 0 Å². The lowest BCUT2D eigenvalue weighted by Gasteiger charge is -2.33. The predicted molar refractivity (Wildman–Crippen MR) is 95.4 cm³/mol. The minimum atomic E-state index is -2.86. The van der Waals surface area contributed by atoms with Crippen molar-refractivity contribution in [3.63, 3.8) is 0 Å². The van der Waals surface area contributed by atoms with Gasteiger partial charge in [-0.3, -0.25) is 0 Å². The first kappa shape index (κ1) is 18.9. The number of hydrogen-bond donors (Lipinski definition) is 0. The lowest BCUT2D eigenvalue weighted by molar-refractivity contribution is 0.122. The Kier molecular flexibility index (Phi) is 5.17. The van der Waals surface area contributed by atoms with Crippen LogP contribution >= 0.6 is 0 Å². The molecule has 0 spiro atoms. The second kappa shape index (κ2) is 7.39. The molecule has 27 heavy (non-hydrogen) atoms. The first-order valence-electron chi connectivity index (χ1n) is 8.17. The van der Waals surface area contributed by atoms with Gasteiger partial charge in [-0.15, -0.1) is 0 Å². The molecule has 2 aromatic rings. The third kappa shape index (κ3) is 3.65. The van der Waals surface area contributed by atoms with Gasteiger partial charge in [0, 0.05) is 5.57 Å². The highest BCUT2D eigenvalue weighted by atomic mass is 19.3. The maximum absolute atomic E-state index is 14.7. The molecule has 1 aliphatic heterocycles. The lowest BCUT2D eigenvalue weighted by atomic mass is 9.93. The zero-order valence-corrected chi connectivity index (χ0v) is 14.4. The summed E-state index contributed by atoms with van der Waals surface area (Å²) in [6.45, 7) is 4.05. The molecule has 0 N–H and O–H groups in total. The molecule has 0 fully saturated rings. The number of alkyl halides is 2. The number of nitrogens with zero attached hydrogens (tertiary/aromatic N) is 1. The largest absolute Gasteiger partial charge is 0.333 e. The normalized spacial score (nSPS) is 14.9. The van der Waals surface area contributed by atoms with Crippen molar-refractivity contribution in [3.8, 4) is 0 Å². The van der Waals surface area contributed by atoms with Crippen molar-refractivity contribution in [2.75, 3.05) is 6.54 Å². The minimum Gasteiger partial charge on any atom is -0.333 e. The minimum absolute atomic E-state index is 0.0998. The number of allylic oxidation sites excluding steroid dienone is 3. The molecule has 0 saturated carbocycles. The molecule has 140 valence electrons. The smallest absolute Gasteiger partial charge is 0.256 e. The van der Waals surface area contributed by atoms with E-state index in [4.69, 9.17) is 0 Å². The summed E-state index contributed by atoms with van der Waals surface area (Å²) in [6, 6.07) is 10.5. The fourth-order valence-electron chi connectivity index (χ4n) is 3.06. The van der Waals surface area contributed by atoms with Crippen LogP contribution in [0.3, 0.4) is 0 Å². The van der Waals surface area contributed by atoms with Crippen LogP contribution in [-0.4, -0.2) is 17.9 Å². The van der Waals surface area contributed by atoms with Crippen LogP contribution in [0.25, 0.3) is 11.3 Å². The summed E-state index contributed by atoms with van der Waals surface area (Å²) < 4.78 is 70.1. The standard InChI is InChI=1S/C21H16F5N/c1-12-8-17(23)20(18(24)9-12)21-15(14-6-4-3-5-7-14)10-16(22)13(2)27(21)11-19(25)26/h3-10,19H,2,11H2,1H3. The topological polar surface area (TPSA) is 3.24 Å². The molecule has 0 atom stereocenters. The van der Waals surface area contributed by atoms with Crippen LogP contribution in [0.4, 0.5) is 22.0 Å². The van der Waals surface area contributed by atoms with E-state index >= 15 is 0 Å². The molecule has 0 unspecified atom stereocenters. The van der Waals surface area contributed by atoms with Gasteiger partial charge in [0.05, 0.1) is 23.5 Å². The number of rotatable bonds is 4. The van der Waals surface area contributed by atoms with Crippen LogP contribution in [0.5, 0.6) is 0 Å². The highest BCUT2D eigenvalue weighted by Gasteiger charge is 2.32. The molecule has 1 heterocycles. The second-order valence-corrected chi connectivity index (χ2v) is 6.17. The molecule has 0 bridgehead atoms. The van der Waals surface area contributed by atoms with Crippen LogP contribution in [-0.2, 0) is 0 Å². The summed E-state index contributed by atoms with van der Waals surface area (Å²) in [7, 11) is 0. The molecular formula is C21H16F5N. The fraction of sp³-hybridized carbons (Fsp3) is 0.143. The van der Waals surface area contributed by atoms with Crippen molar-refractivity contribution in [2.24, 2.45) is 0 Å². The maximum atomic E-state index is 14.7. The number of hydrogen-bond acceptors (Lipinski definition) is 1. The Labute approximate surface area is 153 Å². The van der Waals surface area contributed by atoms with E-state index in [-0.39, 0.29) is 17.0 Å². The molecule has 0 radical (unpaired) electrons. The van der Waals surface area contributed by atoms with E-state index in [1.54, 1.807) is 30.3 Å². The summed E-state index contributed by atoms with van der Waals surface area (Å²) in [6.07, 6.45) is -1.80. The highest BCUT2D eigenvalue weighted by molar-refractivity contribution is 5.97. The van der Waals surface area contributed by atoms with Crippen LogP contribution < -0.4 is 0 Å². The van der Waals surface area contributed by atoms with Crippen molar-refractivity contribution >= 4 is 11.3 Å². The summed E-state index contributed by atoms with van der Waals surface area (Å²) in [5.74, 6) is -2.68. The summed E-state index contributed by atoms with van der Waals surface area (Å²) in [4.78, 5) is 0.832. The van der Waals surface area contributed by atoms with E-state index in [0.29, 0.717) is 11.1 Å². The molecule has 1 aliphatic rings. The lowest BCUT2D eigenvalue weighted by Crippen LogP contribution is -2.30. The highest BCUT2D eigenvalue weighted by Crippen LogP contribution is 2.41. The molecule has 0 aromatic heterocycles. The Balaban J connectivity index is 2.36. The Morgan fingerprint density at radius 1 is 1.00 bits per heavy atom. The van der Waals surface area contributed by atoms with Crippen molar-refractivity contribution in [1.29, 1.82) is 0 Å². The van der Waals surface area contributed by atoms with Crippen LogP contribution in [0, 0.1) is 18.6 Å². The Morgan fingerprint density at radius 3 is 2.15 bits per heavy atom. The number of halogens is 5. The van der Waals surface area contributed by atoms with Crippen molar-refractivity contribution in [3.05, 3.63) is 95.0 Å². The van der Waals surface area contributed by atoms with E-state index in [9.17, 15) is 22.0 Å². The molecule has 3 rings (SSSR count). The molecule has 2 aromatic carbocycles. The number of benzene rings is 2. The fourth-order valence-corrected chi connectivity index (χ4v) is 3.06. The Bertz CT molecular complexity index is 921. The SMILES string of the molecule is C=C1C(F)=CC(c2ccccc2)=C(c2c(F)cc(C)cc2F)N1CC(F)F. The van der Waals surface area contributed by atoms with Crippen molar-refractivity contribution < 1.29 is 22.0 Å². The zero-order valence-electron chi connectivity index (χ0n) is 14.4. The van der Waals surface area contributed by atoms with Gasteiger partial charge in [0.2, 0.25) is 0 Å². The van der Waals surface area contributed by atoms with Crippen molar-refractivity contribution in [1.82, 2.24) is 4.90 Å². The first-order chi connectivity index (χ1) is 12.8. The summed E-state index contributed by atoms with van der Waals surface area (Å²) in [5.41, 5.74) is -0.166. The summed E-state index contributed by atoms with van der Waals surface area (Å²) >= 11 is 0. The Morgan fingerprint density at radius 2 is 1.59 bits per heavy atom. The van der Waals surface area contributed by atoms with Crippen LogP contribution in [0.1, 0.15) is 16.7 Å². The van der Waals surface area contributed by atoms with Crippen LogP contribution in [0.2, 0.25) is 0 Å². The molecule has 0 aliphatic carbocycles. The van der Waals surface area contributed by atoms with Gasteiger partial charge >= 0.3 is 0 Å². The molecule has 6 heteroatoms. The first-order valence-corrected chi connectivity index (χ1v) is 8.17. The molecule has 0 saturated heterocycles. The van der Waals surface area contributed by atoms with Gasteiger partial charge in [-0.2, -0.15) is 0 Å². The van der Waals surface area contributed by atoms with E-state index in [1.165, 1.54) is 6.92 Å². The average molecular weight is 377 g/mol. The number of aryl methyl sites for hydroxylation is 1. The average Bonchev–Trinajstić information content (AvgIpc) is 2.60. The molecular weight excluding hydrogens is 361 g/mol. The van der Waals surface area contributed by atoms with Crippen molar-refractivity contribution in [2.45, 2.75) is 13.3 Å². The van der Waals surface area contributed by atoms with Crippen LogP contribution in [0.15, 0.2) is 66.6 Å². The third-order valence-corrected chi connectivity index (χ3v) is 4.23. The molecule has 0 amide bonds. The van der Waals surface area contributed by atoms with Gasteiger partial charge in [0.25, 0.3) is 6.43 Å².